The highest BCUT2D eigenvalue weighted by Gasteiger charge is 1.77. The smallest absolute Gasteiger partial charge is 0.0304 e. The first-order chi connectivity index (χ1) is 4.16. The predicted molar refractivity (Wildman–Crippen MR) is 51.1 cm³/mol. The van der Waals surface area contributed by atoms with Crippen LogP contribution in [0.3, 0.4) is 0 Å². The molecule has 0 aliphatic rings. The van der Waals surface area contributed by atoms with Crippen molar-refractivity contribution < 1.29 is 0 Å². The van der Waals surface area contributed by atoms with E-state index >= 15 is 0 Å². The van der Waals surface area contributed by atoms with E-state index in [1.165, 1.54) is 0 Å². The highest BCUT2D eigenvalue weighted by molar-refractivity contribution is 14.1. The van der Waals surface area contributed by atoms with Crippen LogP contribution in [0.4, 0.5) is 0 Å². The van der Waals surface area contributed by atoms with Gasteiger partial charge in [0.1, 0.15) is 0 Å². The van der Waals surface area contributed by atoms with Gasteiger partial charge in [-0.15, -0.1) is 0 Å². The van der Waals surface area contributed by atoms with Gasteiger partial charge in [-0.05, 0) is 23.5 Å². The molecule has 0 N–H and O–H groups in total. The Bertz CT molecular complexity index is 156. The van der Waals surface area contributed by atoms with Crippen LogP contribution in [-0.2, 0) is 0 Å². The third-order valence-corrected chi connectivity index (χ3v) is 1.64. The first-order valence-electron chi connectivity index (χ1n) is 2.63. The van der Waals surface area contributed by atoms with E-state index in [-0.39, 0.29) is 0 Å². The minimum absolute atomic E-state index is 0.840. The van der Waals surface area contributed by atoms with Crippen LogP contribution in [0, 0.1) is 0 Å². The van der Waals surface area contributed by atoms with Gasteiger partial charge in [-0.2, -0.15) is 0 Å². The molecule has 0 aromatic rings. The molecule has 0 heterocycles. The van der Waals surface area contributed by atoms with Crippen LogP contribution >= 0.6 is 22.6 Å². The van der Waals surface area contributed by atoms with E-state index in [0.29, 0.717) is 0 Å². The molecule has 0 atom stereocenters. The van der Waals surface area contributed by atoms with Gasteiger partial charge in [-0.25, -0.2) is 0 Å². The van der Waals surface area contributed by atoms with Crippen LogP contribution in [0.2, 0.25) is 0 Å². The third-order valence-electron chi connectivity index (χ3n) is 0.661. The summed E-state index contributed by atoms with van der Waals surface area (Å²) >= 11 is 2.18. The van der Waals surface area contributed by atoms with Crippen LogP contribution in [0.1, 0.15) is 13.8 Å². The summed E-state index contributed by atoms with van der Waals surface area (Å²) in [4.78, 5) is 4.00. The minimum atomic E-state index is 0.840. The summed E-state index contributed by atoms with van der Waals surface area (Å²) in [7, 11) is 0. The molecule has 0 aromatic heterocycles. The maximum absolute atomic E-state index is 4.00. The van der Waals surface area contributed by atoms with E-state index in [9.17, 15) is 0 Å². The Kier molecular flexibility index (Phi) is 4.67. The zero-order valence-corrected chi connectivity index (χ0v) is 7.84. The first-order valence-corrected chi connectivity index (χ1v) is 3.88. The summed E-state index contributed by atoms with van der Waals surface area (Å²) in [5, 5.41) is 0. The molecular formula is C7H10IN. The van der Waals surface area contributed by atoms with Crippen molar-refractivity contribution in [2.45, 2.75) is 13.8 Å². The van der Waals surface area contributed by atoms with E-state index < -0.39 is 0 Å². The molecule has 0 fully saturated rings. The van der Waals surface area contributed by atoms with Crippen molar-refractivity contribution in [3.63, 3.8) is 0 Å². The molecule has 2 heteroatoms. The van der Waals surface area contributed by atoms with Gasteiger partial charge in [0.25, 0.3) is 0 Å². The van der Waals surface area contributed by atoms with Crippen LogP contribution in [0.5, 0.6) is 0 Å². The van der Waals surface area contributed by atoms with Gasteiger partial charge in [0.2, 0.25) is 0 Å². The third kappa shape index (κ3) is 5.76. The van der Waals surface area contributed by atoms with E-state index in [1.54, 1.807) is 6.21 Å². The monoisotopic (exact) mass is 235 g/mol. The Labute approximate surface area is 69.7 Å². The number of aliphatic imine (C=N–C) groups is 1. The van der Waals surface area contributed by atoms with E-state index in [1.807, 2.05) is 17.9 Å². The summed E-state index contributed by atoms with van der Waals surface area (Å²) in [5.74, 6) is 0. The molecule has 0 saturated carbocycles. The summed E-state index contributed by atoms with van der Waals surface area (Å²) in [5.41, 5.74) is 1.99. The number of hydrogen-bond donors (Lipinski definition) is 0. The van der Waals surface area contributed by atoms with Crippen LogP contribution in [0.15, 0.2) is 26.9 Å². The van der Waals surface area contributed by atoms with Gasteiger partial charge in [-0.1, -0.05) is 29.2 Å². The first kappa shape index (κ1) is 8.88. The number of rotatable bonds is 2. The van der Waals surface area contributed by atoms with Crippen molar-refractivity contribution in [3.05, 3.63) is 21.9 Å². The molecule has 0 aromatic carbocycles. The van der Waals surface area contributed by atoms with Gasteiger partial charge >= 0.3 is 0 Å². The fraction of sp³-hybridized carbons (Fsp3) is 0.286. The fourth-order valence-electron chi connectivity index (χ4n) is 0.240. The van der Waals surface area contributed by atoms with Crippen molar-refractivity contribution in [1.82, 2.24) is 0 Å². The molecule has 0 bridgehead atoms. The summed E-state index contributed by atoms with van der Waals surface area (Å²) in [6.07, 6.45) is 1.80. The Morgan fingerprint density at radius 2 is 2.11 bits per heavy atom. The molecule has 0 saturated heterocycles. The second kappa shape index (κ2) is 4.73. The van der Waals surface area contributed by atoms with E-state index in [0.717, 1.165) is 11.3 Å². The molecule has 50 valence electrons. The number of nitrogens with zero attached hydrogens (tertiary/aromatic N) is 1. The van der Waals surface area contributed by atoms with Gasteiger partial charge < -0.3 is 0 Å². The Balaban J connectivity index is 3.86. The van der Waals surface area contributed by atoms with Crippen LogP contribution in [-0.4, -0.2) is 6.21 Å². The maximum Gasteiger partial charge on any atom is 0.0304 e. The molecule has 9 heavy (non-hydrogen) atoms. The van der Waals surface area contributed by atoms with Crippen molar-refractivity contribution in [1.29, 1.82) is 0 Å². The fourth-order valence-corrected chi connectivity index (χ4v) is 0.401. The van der Waals surface area contributed by atoms with E-state index in [2.05, 4.69) is 34.2 Å². The lowest BCUT2D eigenvalue weighted by atomic mass is 10.4. The van der Waals surface area contributed by atoms with Crippen LogP contribution in [0.25, 0.3) is 0 Å². The van der Waals surface area contributed by atoms with E-state index in [4.69, 9.17) is 0 Å². The van der Waals surface area contributed by atoms with Gasteiger partial charge in [0, 0.05) is 11.9 Å². The molecule has 0 aliphatic heterocycles. The second-order valence-corrected chi connectivity index (χ2v) is 2.47. The average Bonchev–Trinajstić information content (AvgIpc) is 1.83. The minimum Gasteiger partial charge on any atom is -0.262 e. The van der Waals surface area contributed by atoms with Crippen molar-refractivity contribution in [2.75, 3.05) is 0 Å². The summed E-state index contributed by atoms with van der Waals surface area (Å²) in [6, 6.07) is 0. The topological polar surface area (TPSA) is 12.4 Å². The second-order valence-electron chi connectivity index (χ2n) is 1.85. The average molecular weight is 235 g/mol. The molecule has 0 rings (SSSR count). The highest BCUT2D eigenvalue weighted by Crippen LogP contribution is 1.95. The van der Waals surface area contributed by atoms with Crippen molar-refractivity contribution in [3.8, 4) is 0 Å². The maximum atomic E-state index is 4.00. The summed E-state index contributed by atoms with van der Waals surface area (Å²) < 4.78 is 1.98. The molecule has 0 spiro atoms. The van der Waals surface area contributed by atoms with Gasteiger partial charge in [0.05, 0.1) is 0 Å². The number of allylic oxidation sites excluding steroid dienone is 2. The zero-order valence-electron chi connectivity index (χ0n) is 5.69. The lowest BCUT2D eigenvalue weighted by Gasteiger charge is -1.86. The molecule has 0 unspecified atom stereocenters. The molecule has 0 amide bonds. The normalized spacial score (nSPS) is 12.6. The lowest BCUT2D eigenvalue weighted by molar-refractivity contribution is 1.33. The standard InChI is InChI=1S/C7H10IN/c1-6(2)9-5-7(3)4-8/h4-5H,1H2,2-3H3/b7-4-,9-5?. The Morgan fingerprint density at radius 1 is 1.56 bits per heavy atom. The SMILES string of the molecule is C=C(C)N=C/C(C)=C\I. The number of halogens is 1. The zero-order chi connectivity index (χ0) is 7.28. The van der Waals surface area contributed by atoms with Gasteiger partial charge in [0.15, 0.2) is 0 Å². The summed E-state index contributed by atoms with van der Waals surface area (Å²) in [6.45, 7) is 7.50. The Morgan fingerprint density at radius 3 is 2.44 bits per heavy atom. The van der Waals surface area contributed by atoms with Crippen LogP contribution < -0.4 is 0 Å². The van der Waals surface area contributed by atoms with Crippen molar-refractivity contribution in [2.24, 2.45) is 4.99 Å². The molecule has 0 radical (unpaired) electrons. The quantitative estimate of drug-likeness (QED) is 0.515. The molecular weight excluding hydrogens is 225 g/mol. The van der Waals surface area contributed by atoms with Crippen molar-refractivity contribution >= 4 is 28.8 Å². The lowest BCUT2D eigenvalue weighted by Crippen LogP contribution is -1.74. The Hall–Kier alpha value is -0.120. The highest BCUT2D eigenvalue weighted by atomic mass is 127. The molecule has 0 aliphatic carbocycles. The number of hydrogen-bond acceptors (Lipinski definition) is 1. The largest absolute Gasteiger partial charge is 0.262 e. The van der Waals surface area contributed by atoms with Gasteiger partial charge in [-0.3, -0.25) is 4.99 Å². The molecule has 1 nitrogen and oxygen atoms in total. The predicted octanol–water partition coefficient (Wildman–Crippen LogP) is 2.93.